The molecule has 0 aliphatic heterocycles. The van der Waals surface area contributed by atoms with E-state index in [1.165, 1.54) is 0 Å². The van der Waals surface area contributed by atoms with Crippen LogP contribution < -0.4 is 4.74 Å². The quantitative estimate of drug-likeness (QED) is 0.807. The van der Waals surface area contributed by atoms with Gasteiger partial charge in [0.25, 0.3) is 0 Å². The zero-order chi connectivity index (χ0) is 15.6. The molecule has 0 heterocycles. The third-order valence-electron chi connectivity index (χ3n) is 3.24. The van der Waals surface area contributed by atoms with Gasteiger partial charge in [-0.25, -0.2) is 4.79 Å². The highest BCUT2D eigenvalue weighted by Gasteiger charge is 2.12. The van der Waals surface area contributed by atoms with Gasteiger partial charge in [0.15, 0.2) is 0 Å². The van der Waals surface area contributed by atoms with E-state index in [1.807, 2.05) is 25.1 Å². The van der Waals surface area contributed by atoms with Crippen LogP contribution in [0.5, 0.6) is 11.5 Å². The van der Waals surface area contributed by atoms with E-state index < -0.39 is 5.97 Å². The molecule has 2 aromatic rings. The maximum absolute atomic E-state index is 11.0. The van der Waals surface area contributed by atoms with E-state index in [-0.39, 0.29) is 5.56 Å². The second-order valence-electron chi connectivity index (χ2n) is 5.22. The van der Waals surface area contributed by atoms with Crippen LogP contribution in [0.25, 0.3) is 0 Å². The van der Waals surface area contributed by atoms with Crippen molar-refractivity contribution in [2.75, 3.05) is 0 Å². The molecule has 0 aromatic heterocycles. The zero-order valence-corrected chi connectivity index (χ0v) is 13.8. The van der Waals surface area contributed by atoms with Gasteiger partial charge < -0.3 is 9.84 Å². The molecule has 0 aliphatic carbocycles. The van der Waals surface area contributed by atoms with Gasteiger partial charge in [0, 0.05) is 4.47 Å². The van der Waals surface area contributed by atoms with Crippen LogP contribution in [-0.2, 0) is 0 Å². The van der Waals surface area contributed by atoms with E-state index in [1.54, 1.807) is 18.2 Å². The van der Waals surface area contributed by atoms with Crippen LogP contribution in [0.2, 0.25) is 0 Å². The SMILES string of the molecule is Cc1cc(C(=O)O)ccc1Oc1ccc(Br)cc1C(C)C. The van der Waals surface area contributed by atoms with Gasteiger partial charge in [0.1, 0.15) is 11.5 Å². The highest BCUT2D eigenvalue weighted by Crippen LogP contribution is 2.34. The van der Waals surface area contributed by atoms with Crippen LogP contribution in [0.1, 0.15) is 41.3 Å². The zero-order valence-electron chi connectivity index (χ0n) is 12.2. The number of carboxylic acids is 1. The highest BCUT2D eigenvalue weighted by molar-refractivity contribution is 9.10. The number of carboxylic acid groups (broad SMARTS) is 1. The maximum atomic E-state index is 11.0. The molecule has 4 heteroatoms. The third kappa shape index (κ3) is 3.64. The number of halogens is 1. The Bertz CT molecular complexity index is 678. The summed E-state index contributed by atoms with van der Waals surface area (Å²) in [5, 5.41) is 8.99. The molecule has 3 nitrogen and oxygen atoms in total. The van der Waals surface area contributed by atoms with Crippen molar-refractivity contribution in [2.24, 2.45) is 0 Å². The largest absolute Gasteiger partial charge is 0.478 e. The minimum atomic E-state index is -0.934. The smallest absolute Gasteiger partial charge is 0.335 e. The van der Waals surface area contributed by atoms with Crippen LogP contribution in [-0.4, -0.2) is 11.1 Å². The number of rotatable bonds is 4. The normalized spacial score (nSPS) is 10.7. The molecule has 0 saturated heterocycles. The lowest BCUT2D eigenvalue weighted by Gasteiger charge is -2.15. The summed E-state index contributed by atoms with van der Waals surface area (Å²) in [6.07, 6.45) is 0. The molecule has 2 rings (SSSR count). The van der Waals surface area contributed by atoms with Gasteiger partial charge in [-0.1, -0.05) is 29.8 Å². The number of ether oxygens (including phenoxy) is 1. The van der Waals surface area contributed by atoms with Crippen molar-refractivity contribution in [1.82, 2.24) is 0 Å². The van der Waals surface area contributed by atoms with E-state index in [2.05, 4.69) is 29.8 Å². The average molecular weight is 349 g/mol. The fourth-order valence-electron chi connectivity index (χ4n) is 2.08. The Morgan fingerprint density at radius 3 is 2.38 bits per heavy atom. The molecule has 110 valence electrons. The topological polar surface area (TPSA) is 46.5 Å². The maximum Gasteiger partial charge on any atom is 0.335 e. The van der Waals surface area contributed by atoms with Gasteiger partial charge in [-0.3, -0.25) is 0 Å². The molecule has 2 aromatic carbocycles. The predicted octanol–water partition coefficient (Wildman–Crippen LogP) is 5.37. The Labute approximate surface area is 132 Å². The van der Waals surface area contributed by atoms with E-state index in [9.17, 15) is 4.79 Å². The average Bonchev–Trinajstić information content (AvgIpc) is 2.42. The Morgan fingerprint density at radius 2 is 1.81 bits per heavy atom. The molecule has 0 saturated carbocycles. The first-order valence-electron chi connectivity index (χ1n) is 6.69. The molecular formula is C17H17BrO3. The minimum Gasteiger partial charge on any atom is -0.478 e. The highest BCUT2D eigenvalue weighted by atomic mass is 79.9. The number of aryl methyl sites for hydroxylation is 1. The fraction of sp³-hybridized carbons (Fsp3) is 0.235. The second-order valence-corrected chi connectivity index (χ2v) is 6.14. The van der Waals surface area contributed by atoms with Crippen molar-refractivity contribution in [2.45, 2.75) is 26.7 Å². The van der Waals surface area contributed by atoms with Gasteiger partial charge >= 0.3 is 5.97 Å². The molecule has 0 radical (unpaired) electrons. The summed E-state index contributed by atoms with van der Waals surface area (Å²) < 4.78 is 6.99. The summed E-state index contributed by atoms with van der Waals surface area (Å²) in [5.74, 6) is 0.857. The van der Waals surface area contributed by atoms with Gasteiger partial charge in [0.05, 0.1) is 5.56 Å². The van der Waals surface area contributed by atoms with Crippen molar-refractivity contribution in [3.63, 3.8) is 0 Å². The third-order valence-corrected chi connectivity index (χ3v) is 3.73. The van der Waals surface area contributed by atoms with Gasteiger partial charge in [-0.2, -0.15) is 0 Å². The number of aromatic carboxylic acids is 1. The monoisotopic (exact) mass is 348 g/mol. The summed E-state index contributed by atoms with van der Waals surface area (Å²) in [5.41, 5.74) is 2.17. The molecule has 0 atom stereocenters. The Kier molecular flexibility index (Phi) is 4.68. The summed E-state index contributed by atoms with van der Waals surface area (Å²) in [6, 6.07) is 10.8. The van der Waals surface area contributed by atoms with Crippen LogP contribution in [0.4, 0.5) is 0 Å². The molecule has 0 unspecified atom stereocenters. The number of hydrogen-bond acceptors (Lipinski definition) is 2. The lowest BCUT2D eigenvalue weighted by molar-refractivity contribution is 0.0697. The first-order valence-corrected chi connectivity index (χ1v) is 7.49. The van der Waals surface area contributed by atoms with E-state index >= 15 is 0 Å². The number of hydrogen-bond donors (Lipinski definition) is 1. The Balaban J connectivity index is 2.36. The molecular weight excluding hydrogens is 332 g/mol. The van der Waals surface area contributed by atoms with Crippen molar-refractivity contribution in [3.05, 3.63) is 57.6 Å². The van der Waals surface area contributed by atoms with Crippen LogP contribution in [0, 0.1) is 6.92 Å². The van der Waals surface area contributed by atoms with E-state index in [0.717, 1.165) is 21.3 Å². The van der Waals surface area contributed by atoms with Crippen LogP contribution in [0.3, 0.4) is 0 Å². The molecule has 0 aliphatic rings. The van der Waals surface area contributed by atoms with E-state index in [4.69, 9.17) is 9.84 Å². The molecule has 21 heavy (non-hydrogen) atoms. The summed E-state index contributed by atoms with van der Waals surface area (Å²) in [6.45, 7) is 6.06. The van der Waals surface area contributed by atoms with Crippen molar-refractivity contribution >= 4 is 21.9 Å². The van der Waals surface area contributed by atoms with Gasteiger partial charge in [-0.05, 0) is 60.4 Å². The molecule has 0 amide bonds. The lowest BCUT2D eigenvalue weighted by Crippen LogP contribution is -1.99. The minimum absolute atomic E-state index is 0.264. The molecule has 0 spiro atoms. The summed E-state index contributed by atoms with van der Waals surface area (Å²) in [7, 11) is 0. The summed E-state index contributed by atoms with van der Waals surface area (Å²) in [4.78, 5) is 11.0. The Hall–Kier alpha value is -1.81. The number of carbonyl (C=O) groups is 1. The van der Waals surface area contributed by atoms with Gasteiger partial charge in [0.2, 0.25) is 0 Å². The van der Waals surface area contributed by atoms with Crippen molar-refractivity contribution < 1.29 is 14.6 Å². The lowest BCUT2D eigenvalue weighted by atomic mass is 10.0. The second kappa shape index (κ2) is 6.31. The standard InChI is InChI=1S/C17H17BrO3/c1-10(2)14-9-13(18)5-7-16(14)21-15-6-4-12(17(19)20)8-11(15)3/h4-10H,1-3H3,(H,19,20). The molecule has 1 N–H and O–H groups in total. The molecule has 0 fully saturated rings. The fourth-order valence-corrected chi connectivity index (χ4v) is 2.46. The Morgan fingerprint density at radius 1 is 1.14 bits per heavy atom. The number of benzene rings is 2. The van der Waals surface area contributed by atoms with Crippen molar-refractivity contribution in [3.8, 4) is 11.5 Å². The van der Waals surface area contributed by atoms with Gasteiger partial charge in [-0.15, -0.1) is 0 Å². The van der Waals surface area contributed by atoms with Crippen molar-refractivity contribution in [1.29, 1.82) is 0 Å². The summed E-state index contributed by atoms with van der Waals surface area (Å²) >= 11 is 3.47. The van der Waals surface area contributed by atoms with Crippen LogP contribution >= 0.6 is 15.9 Å². The van der Waals surface area contributed by atoms with Crippen LogP contribution in [0.15, 0.2) is 40.9 Å². The predicted molar refractivity (Wildman–Crippen MR) is 86.4 cm³/mol. The molecule has 0 bridgehead atoms. The first-order chi connectivity index (χ1) is 9.88. The van der Waals surface area contributed by atoms with E-state index in [0.29, 0.717) is 11.7 Å². The first kappa shape index (κ1) is 15.6.